The SMILES string of the molecule is Cc1cccc2c1NC(=O)[C@H](Br)C[C@@H]2c1ccccc1. The first kappa shape index (κ1) is 13.4. The van der Waals surface area contributed by atoms with Gasteiger partial charge in [-0.25, -0.2) is 0 Å². The number of anilines is 1. The van der Waals surface area contributed by atoms with Gasteiger partial charge in [0.2, 0.25) is 5.91 Å². The number of carbonyl (C=O) groups excluding carboxylic acids is 1. The number of hydrogen-bond acceptors (Lipinski definition) is 1. The number of rotatable bonds is 1. The number of benzene rings is 2. The molecule has 0 aliphatic carbocycles. The van der Waals surface area contributed by atoms with E-state index in [1.54, 1.807) is 0 Å². The Labute approximate surface area is 127 Å². The first-order chi connectivity index (χ1) is 9.66. The molecule has 3 rings (SSSR count). The molecule has 2 nitrogen and oxygen atoms in total. The monoisotopic (exact) mass is 329 g/mol. The van der Waals surface area contributed by atoms with E-state index in [2.05, 4.69) is 45.5 Å². The Morgan fingerprint density at radius 2 is 1.85 bits per heavy atom. The Morgan fingerprint density at radius 1 is 1.10 bits per heavy atom. The van der Waals surface area contributed by atoms with Gasteiger partial charge in [-0.2, -0.15) is 0 Å². The summed E-state index contributed by atoms with van der Waals surface area (Å²) in [6.07, 6.45) is 0.770. The maximum Gasteiger partial charge on any atom is 0.238 e. The molecule has 2 aromatic rings. The van der Waals surface area contributed by atoms with Gasteiger partial charge in [0.15, 0.2) is 0 Å². The van der Waals surface area contributed by atoms with Gasteiger partial charge in [0, 0.05) is 11.6 Å². The van der Waals surface area contributed by atoms with Crippen LogP contribution in [0.1, 0.15) is 29.0 Å². The summed E-state index contributed by atoms with van der Waals surface area (Å²) in [6.45, 7) is 2.04. The first-order valence-electron chi connectivity index (χ1n) is 6.76. The predicted molar refractivity (Wildman–Crippen MR) is 85.4 cm³/mol. The third kappa shape index (κ3) is 2.38. The fourth-order valence-corrected chi connectivity index (χ4v) is 3.28. The molecule has 1 aliphatic heterocycles. The van der Waals surface area contributed by atoms with Crippen LogP contribution in [0, 0.1) is 6.92 Å². The van der Waals surface area contributed by atoms with Crippen molar-refractivity contribution in [3.8, 4) is 0 Å². The molecule has 1 N–H and O–H groups in total. The minimum absolute atomic E-state index is 0.0407. The minimum atomic E-state index is -0.167. The summed E-state index contributed by atoms with van der Waals surface area (Å²) < 4.78 is 0. The molecule has 0 bridgehead atoms. The highest BCUT2D eigenvalue weighted by Crippen LogP contribution is 2.39. The summed E-state index contributed by atoms with van der Waals surface area (Å²) in [6, 6.07) is 16.6. The van der Waals surface area contributed by atoms with E-state index in [9.17, 15) is 4.79 Å². The van der Waals surface area contributed by atoms with Gasteiger partial charge in [-0.05, 0) is 30.0 Å². The molecule has 20 heavy (non-hydrogen) atoms. The van der Waals surface area contributed by atoms with E-state index in [0.29, 0.717) is 0 Å². The van der Waals surface area contributed by atoms with Crippen molar-refractivity contribution in [2.24, 2.45) is 0 Å². The summed E-state index contributed by atoms with van der Waals surface area (Å²) in [4.78, 5) is 12.0. The van der Waals surface area contributed by atoms with Crippen molar-refractivity contribution in [2.75, 3.05) is 5.32 Å². The molecule has 0 fully saturated rings. The zero-order chi connectivity index (χ0) is 14.1. The van der Waals surface area contributed by atoms with E-state index >= 15 is 0 Å². The van der Waals surface area contributed by atoms with Crippen molar-refractivity contribution in [3.63, 3.8) is 0 Å². The molecule has 0 saturated heterocycles. The topological polar surface area (TPSA) is 29.1 Å². The van der Waals surface area contributed by atoms with Gasteiger partial charge in [0.05, 0.1) is 4.83 Å². The lowest BCUT2D eigenvalue weighted by Gasteiger charge is -2.19. The third-order valence-corrected chi connectivity index (χ3v) is 4.65. The zero-order valence-corrected chi connectivity index (χ0v) is 12.9. The lowest BCUT2D eigenvalue weighted by Crippen LogP contribution is -2.21. The van der Waals surface area contributed by atoms with Crippen LogP contribution in [-0.2, 0) is 4.79 Å². The number of alkyl halides is 1. The maximum atomic E-state index is 12.1. The van der Waals surface area contributed by atoms with Gasteiger partial charge in [-0.1, -0.05) is 64.5 Å². The smallest absolute Gasteiger partial charge is 0.238 e. The van der Waals surface area contributed by atoms with Crippen molar-refractivity contribution < 1.29 is 4.79 Å². The molecular formula is C17H16BrNO. The minimum Gasteiger partial charge on any atom is -0.325 e. The van der Waals surface area contributed by atoms with Crippen LogP contribution in [0.25, 0.3) is 0 Å². The van der Waals surface area contributed by atoms with Crippen LogP contribution in [0.15, 0.2) is 48.5 Å². The molecule has 0 radical (unpaired) electrons. The van der Waals surface area contributed by atoms with Crippen molar-refractivity contribution in [1.82, 2.24) is 0 Å². The van der Waals surface area contributed by atoms with Crippen LogP contribution >= 0.6 is 15.9 Å². The van der Waals surface area contributed by atoms with Crippen LogP contribution in [-0.4, -0.2) is 10.7 Å². The molecule has 0 spiro atoms. The van der Waals surface area contributed by atoms with Gasteiger partial charge in [-0.15, -0.1) is 0 Å². The molecule has 0 saturated carbocycles. The lowest BCUT2D eigenvalue weighted by atomic mass is 9.86. The van der Waals surface area contributed by atoms with E-state index in [1.807, 2.05) is 31.2 Å². The fourth-order valence-electron chi connectivity index (χ4n) is 2.80. The van der Waals surface area contributed by atoms with Crippen LogP contribution in [0.5, 0.6) is 0 Å². The number of hydrogen-bond donors (Lipinski definition) is 1. The summed E-state index contributed by atoms with van der Waals surface area (Å²) in [7, 11) is 0. The van der Waals surface area contributed by atoms with Gasteiger partial charge in [0.25, 0.3) is 0 Å². The second-order valence-electron chi connectivity index (χ2n) is 5.19. The molecule has 0 aromatic heterocycles. The summed E-state index contributed by atoms with van der Waals surface area (Å²) in [5.74, 6) is 0.272. The van der Waals surface area contributed by atoms with Gasteiger partial charge in [0.1, 0.15) is 0 Å². The van der Waals surface area contributed by atoms with E-state index in [-0.39, 0.29) is 16.7 Å². The average molecular weight is 330 g/mol. The van der Waals surface area contributed by atoms with E-state index in [4.69, 9.17) is 0 Å². The van der Waals surface area contributed by atoms with E-state index < -0.39 is 0 Å². The Bertz CT molecular complexity index is 639. The Morgan fingerprint density at radius 3 is 2.60 bits per heavy atom. The van der Waals surface area contributed by atoms with Gasteiger partial charge >= 0.3 is 0 Å². The quantitative estimate of drug-likeness (QED) is 0.779. The van der Waals surface area contributed by atoms with Crippen LogP contribution in [0.2, 0.25) is 0 Å². The predicted octanol–water partition coefficient (Wildman–Crippen LogP) is 4.23. The van der Waals surface area contributed by atoms with Crippen LogP contribution in [0.3, 0.4) is 0 Å². The number of nitrogens with one attached hydrogen (secondary N) is 1. The molecule has 2 aromatic carbocycles. The standard InChI is InChI=1S/C17H16BrNO/c1-11-6-5-9-13-14(12-7-3-2-4-8-12)10-15(18)17(20)19-16(11)13/h2-9,14-15H,10H2,1H3,(H,19,20)/t14-,15-/m1/s1. The zero-order valence-electron chi connectivity index (χ0n) is 11.3. The summed E-state index contributed by atoms with van der Waals surface area (Å²) in [5.41, 5.74) is 4.53. The molecule has 2 atom stereocenters. The average Bonchev–Trinajstić information content (AvgIpc) is 2.59. The maximum absolute atomic E-state index is 12.1. The van der Waals surface area contributed by atoms with Crippen LogP contribution in [0.4, 0.5) is 5.69 Å². The molecule has 1 amide bonds. The van der Waals surface area contributed by atoms with Crippen molar-refractivity contribution in [3.05, 3.63) is 65.2 Å². The Hall–Kier alpha value is -1.61. The molecular weight excluding hydrogens is 314 g/mol. The van der Waals surface area contributed by atoms with Crippen molar-refractivity contribution in [1.29, 1.82) is 0 Å². The highest BCUT2D eigenvalue weighted by Gasteiger charge is 2.29. The highest BCUT2D eigenvalue weighted by atomic mass is 79.9. The fraction of sp³-hybridized carbons (Fsp3) is 0.235. The number of halogens is 1. The van der Waals surface area contributed by atoms with E-state index in [1.165, 1.54) is 11.1 Å². The molecule has 3 heteroatoms. The normalized spacial score (nSPS) is 21.8. The molecule has 102 valence electrons. The summed E-state index contributed by atoms with van der Waals surface area (Å²) in [5, 5.41) is 3.05. The summed E-state index contributed by atoms with van der Waals surface area (Å²) >= 11 is 3.51. The molecule has 1 heterocycles. The second-order valence-corrected chi connectivity index (χ2v) is 6.30. The number of aryl methyl sites for hydroxylation is 1. The number of fused-ring (bicyclic) bond motifs is 1. The number of amides is 1. The second kappa shape index (κ2) is 5.41. The Kier molecular flexibility index (Phi) is 3.62. The Balaban J connectivity index is 2.15. The van der Waals surface area contributed by atoms with E-state index in [0.717, 1.165) is 17.7 Å². The number of para-hydroxylation sites is 1. The largest absolute Gasteiger partial charge is 0.325 e. The van der Waals surface area contributed by atoms with Crippen molar-refractivity contribution >= 4 is 27.5 Å². The molecule has 0 unspecified atom stereocenters. The van der Waals surface area contributed by atoms with Crippen molar-refractivity contribution in [2.45, 2.75) is 24.1 Å². The highest BCUT2D eigenvalue weighted by molar-refractivity contribution is 9.10. The van der Waals surface area contributed by atoms with Crippen LogP contribution < -0.4 is 5.32 Å². The molecule has 1 aliphatic rings. The lowest BCUT2D eigenvalue weighted by molar-refractivity contribution is -0.115. The third-order valence-electron chi connectivity index (χ3n) is 3.86. The first-order valence-corrected chi connectivity index (χ1v) is 7.68. The van der Waals surface area contributed by atoms with Gasteiger partial charge in [-0.3, -0.25) is 4.79 Å². The van der Waals surface area contributed by atoms with Gasteiger partial charge < -0.3 is 5.32 Å². The number of carbonyl (C=O) groups is 1.